The highest BCUT2D eigenvalue weighted by atomic mass is 35.5. The zero-order chi connectivity index (χ0) is 23.4. The van der Waals surface area contributed by atoms with Crippen LogP contribution in [0, 0.1) is 0 Å². The van der Waals surface area contributed by atoms with Gasteiger partial charge in [0.05, 0.1) is 22.7 Å². The molecule has 0 radical (unpaired) electrons. The molecule has 0 N–H and O–H groups in total. The third-order valence-electron chi connectivity index (χ3n) is 5.35. The van der Waals surface area contributed by atoms with Crippen molar-refractivity contribution in [2.75, 3.05) is 7.05 Å². The molecule has 0 saturated heterocycles. The summed E-state index contributed by atoms with van der Waals surface area (Å²) in [5.41, 5.74) is 2.49. The third kappa shape index (κ3) is 5.46. The van der Waals surface area contributed by atoms with E-state index >= 15 is 0 Å². The van der Waals surface area contributed by atoms with Gasteiger partial charge in [-0.15, -0.1) is 0 Å². The predicted octanol–water partition coefficient (Wildman–Crippen LogP) is 5.24. The molecule has 168 valence electrons. The summed E-state index contributed by atoms with van der Waals surface area (Å²) in [6, 6.07) is 24.5. The summed E-state index contributed by atoms with van der Waals surface area (Å²) < 4.78 is 1.64. The normalized spacial score (nSPS) is 12.0. The minimum absolute atomic E-state index is 0.0238. The summed E-state index contributed by atoms with van der Waals surface area (Å²) in [5, 5.41) is 1.29. The first kappa shape index (κ1) is 23.1. The van der Waals surface area contributed by atoms with Gasteiger partial charge in [-0.3, -0.25) is 14.2 Å². The molecule has 1 amide bonds. The number of halogens is 1. The van der Waals surface area contributed by atoms with E-state index in [9.17, 15) is 9.59 Å². The van der Waals surface area contributed by atoms with Crippen LogP contribution in [-0.4, -0.2) is 32.7 Å². The smallest absolute Gasteiger partial charge is 0.262 e. The predicted molar refractivity (Wildman–Crippen MR) is 135 cm³/mol. The van der Waals surface area contributed by atoms with Gasteiger partial charge in [0.15, 0.2) is 5.16 Å². The summed E-state index contributed by atoms with van der Waals surface area (Å²) in [6.45, 7) is 2.71. The molecule has 7 heteroatoms. The van der Waals surface area contributed by atoms with Gasteiger partial charge in [-0.2, -0.15) is 0 Å². The van der Waals surface area contributed by atoms with Crippen molar-refractivity contribution < 1.29 is 4.79 Å². The minimum atomic E-state index is -0.414. The van der Waals surface area contributed by atoms with Gasteiger partial charge in [0.2, 0.25) is 5.91 Å². The van der Waals surface area contributed by atoms with Crippen LogP contribution >= 0.6 is 23.4 Å². The van der Waals surface area contributed by atoms with Gasteiger partial charge in [-0.25, -0.2) is 4.98 Å². The molecule has 0 fully saturated rings. The van der Waals surface area contributed by atoms with E-state index < -0.39 is 5.25 Å². The van der Waals surface area contributed by atoms with Crippen molar-refractivity contribution >= 4 is 40.2 Å². The highest BCUT2D eigenvalue weighted by Gasteiger charge is 2.22. The van der Waals surface area contributed by atoms with Crippen molar-refractivity contribution in [2.45, 2.75) is 30.4 Å². The molecule has 1 heterocycles. The molecule has 1 atom stereocenters. The monoisotopic (exact) mass is 477 g/mol. The zero-order valence-electron chi connectivity index (χ0n) is 18.4. The molecular weight excluding hydrogens is 454 g/mol. The lowest BCUT2D eigenvalue weighted by Gasteiger charge is -2.22. The number of thioether (sulfide) groups is 1. The van der Waals surface area contributed by atoms with Crippen LogP contribution in [-0.2, 0) is 17.9 Å². The largest absolute Gasteiger partial charge is 0.340 e. The van der Waals surface area contributed by atoms with Crippen molar-refractivity contribution in [3.8, 4) is 0 Å². The molecule has 33 heavy (non-hydrogen) atoms. The van der Waals surface area contributed by atoms with Gasteiger partial charge >= 0.3 is 0 Å². The minimum Gasteiger partial charge on any atom is -0.340 e. The van der Waals surface area contributed by atoms with Gasteiger partial charge in [0, 0.05) is 18.6 Å². The van der Waals surface area contributed by atoms with Gasteiger partial charge < -0.3 is 4.90 Å². The second-order valence-corrected chi connectivity index (χ2v) is 9.61. The van der Waals surface area contributed by atoms with Crippen molar-refractivity contribution in [1.29, 1.82) is 0 Å². The second kappa shape index (κ2) is 10.2. The van der Waals surface area contributed by atoms with Crippen LogP contribution in [0.25, 0.3) is 10.9 Å². The van der Waals surface area contributed by atoms with Crippen LogP contribution in [0.2, 0.25) is 5.02 Å². The van der Waals surface area contributed by atoms with E-state index in [-0.39, 0.29) is 11.5 Å². The maximum Gasteiger partial charge on any atom is 0.262 e. The number of fused-ring (bicyclic) bond motifs is 1. The Kier molecular flexibility index (Phi) is 7.16. The first-order chi connectivity index (χ1) is 15.9. The first-order valence-corrected chi connectivity index (χ1v) is 11.9. The fourth-order valence-corrected chi connectivity index (χ4v) is 4.75. The number of rotatable bonds is 7. The Balaban J connectivity index is 1.63. The number of carbonyl (C=O) groups is 1. The summed E-state index contributed by atoms with van der Waals surface area (Å²) in [6.07, 6.45) is 0. The standard InChI is InChI=1S/C26H24ClN3O2S/c1-18(24(31)29(2)16-19-8-4-3-5-9-19)33-26-28-23-11-7-6-10-22(23)25(32)30(26)17-20-12-14-21(27)15-13-20/h3-15,18H,16-17H2,1-2H3. The van der Waals surface area contributed by atoms with Crippen LogP contribution in [0.5, 0.6) is 0 Å². The lowest BCUT2D eigenvalue weighted by Crippen LogP contribution is -2.33. The quantitative estimate of drug-likeness (QED) is 0.270. The number of para-hydroxylation sites is 1. The van der Waals surface area contributed by atoms with E-state index in [0.717, 1.165) is 11.1 Å². The molecule has 0 bridgehead atoms. The number of carbonyl (C=O) groups excluding carboxylic acids is 1. The van der Waals surface area contributed by atoms with E-state index in [2.05, 4.69) is 0 Å². The van der Waals surface area contributed by atoms with Crippen LogP contribution in [0.4, 0.5) is 0 Å². The second-order valence-electron chi connectivity index (χ2n) is 7.87. The molecule has 3 aromatic carbocycles. The highest BCUT2D eigenvalue weighted by molar-refractivity contribution is 8.00. The Morgan fingerprint density at radius 2 is 1.67 bits per heavy atom. The average Bonchev–Trinajstić information content (AvgIpc) is 2.83. The number of nitrogens with zero attached hydrogens (tertiary/aromatic N) is 3. The molecule has 0 spiro atoms. The number of benzene rings is 3. The summed E-state index contributed by atoms with van der Waals surface area (Å²) in [7, 11) is 1.79. The van der Waals surface area contributed by atoms with Gasteiger partial charge in [-0.1, -0.05) is 78.0 Å². The molecule has 1 aromatic heterocycles. The molecule has 0 aliphatic heterocycles. The van der Waals surface area contributed by atoms with Crippen molar-refractivity contribution in [3.05, 3.63) is 105 Å². The lowest BCUT2D eigenvalue weighted by molar-refractivity contribution is -0.129. The van der Waals surface area contributed by atoms with Crippen molar-refractivity contribution in [2.24, 2.45) is 0 Å². The molecule has 0 aliphatic rings. The number of aromatic nitrogens is 2. The zero-order valence-corrected chi connectivity index (χ0v) is 20.0. The van der Waals surface area contributed by atoms with E-state index in [0.29, 0.717) is 34.2 Å². The molecular formula is C26H24ClN3O2S. The Labute approximate surface area is 202 Å². The average molecular weight is 478 g/mol. The number of amides is 1. The fourth-order valence-electron chi connectivity index (χ4n) is 3.60. The molecule has 1 unspecified atom stereocenters. The Morgan fingerprint density at radius 1 is 1.00 bits per heavy atom. The van der Waals surface area contributed by atoms with E-state index in [4.69, 9.17) is 16.6 Å². The summed E-state index contributed by atoms with van der Waals surface area (Å²) in [5.74, 6) is -0.0238. The first-order valence-electron chi connectivity index (χ1n) is 10.6. The van der Waals surface area contributed by atoms with Crippen LogP contribution < -0.4 is 5.56 Å². The van der Waals surface area contributed by atoms with Gasteiger partial charge in [-0.05, 0) is 42.3 Å². The van der Waals surface area contributed by atoms with E-state index in [1.54, 1.807) is 34.7 Å². The highest BCUT2D eigenvalue weighted by Crippen LogP contribution is 2.25. The molecule has 4 aromatic rings. The topological polar surface area (TPSA) is 55.2 Å². The SMILES string of the molecule is CC(Sc1nc2ccccc2c(=O)n1Cc1ccc(Cl)cc1)C(=O)N(C)Cc1ccccc1. The fraction of sp³-hybridized carbons (Fsp3) is 0.192. The molecule has 5 nitrogen and oxygen atoms in total. The molecule has 0 aliphatic carbocycles. The van der Waals surface area contributed by atoms with Crippen molar-refractivity contribution in [1.82, 2.24) is 14.5 Å². The van der Waals surface area contributed by atoms with Crippen LogP contribution in [0.1, 0.15) is 18.1 Å². The van der Waals surface area contributed by atoms with E-state index in [1.807, 2.05) is 67.6 Å². The number of hydrogen-bond donors (Lipinski definition) is 0. The lowest BCUT2D eigenvalue weighted by atomic mass is 10.2. The van der Waals surface area contributed by atoms with Gasteiger partial charge in [0.1, 0.15) is 0 Å². The Bertz CT molecular complexity index is 1320. The Morgan fingerprint density at radius 3 is 2.39 bits per heavy atom. The molecule has 4 rings (SSSR count). The van der Waals surface area contributed by atoms with Crippen molar-refractivity contribution in [3.63, 3.8) is 0 Å². The Hall–Kier alpha value is -3.09. The van der Waals surface area contributed by atoms with E-state index in [1.165, 1.54) is 11.8 Å². The van der Waals surface area contributed by atoms with Gasteiger partial charge in [0.25, 0.3) is 5.56 Å². The maximum absolute atomic E-state index is 13.3. The number of hydrogen-bond acceptors (Lipinski definition) is 4. The van der Waals surface area contributed by atoms with Crippen LogP contribution in [0.15, 0.2) is 88.8 Å². The third-order valence-corrected chi connectivity index (χ3v) is 6.68. The summed E-state index contributed by atoms with van der Waals surface area (Å²) in [4.78, 5) is 32.9. The van der Waals surface area contributed by atoms with Crippen LogP contribution in [0.3, 0.4) is 0 Å². The summed E-state index contributed by atoms with van der Waals surface area (Å²) >= 11 is 7.32. The molecule has 0 saturated carbocycles. The maximum atomic E-state index is 13.3.